The molecule has 7 heterocycles. The summed E-state index contributed by atoms with van der Waals surface area (Å²) in [6.45, 7) is 2.14. The lowest BCUT2D eigenvalue weighted by Crippen LogP contribution is -2.60. The van der Waals surface area contributed by atoms with Crippen LogP contribution in [0.2, 0.25) is 0 Å². The molecule has 234 valence electrons. The Morgan fingerprint density at radius 3 is 2.84 bits per heavy atom. The van der Waals surface area contributed by atoms with Crippen LogP contribution in [-0.2, 0) is 0 Å². The molecule has 9 rings (SSSR count). The molecule has 13 heteroatoms. The molecule has 0 radical (unpaired) electrons. The van der Waals surface area contributed by atoms with Crippen molar-refractivity contribution in [3.8, 4) is 28.9 Å². The van der Waals surface area contributed by atoms with Crippen molar-refractivity contribution in [2.75, 3.05) is 37.7 Å². The molecule has 5 atom stereocenters. The van der Waals surface area contributed by atoms with Crippen molar-refractivity contribution in [3.63, 3.8) is 0 Å². The number of hydrogen-bond acceptors (Lipinski definition) is 9. The Morgan fingerprint density at radius 1 is 1.07 bits per heavy atom. The van der Waals surface area contributed by atoms with Crippen LogP contribution in [0.25, 0.3) is 32.9 Å². The fourth-order valence-electron chi connectivity index (χ4n) is 8.38. The molecular formula is C32H30F4N6O3. The first kappa shape index (κ1) is 27.3. The third-order valence-electron chi connectivity index (χ3n) is 10.4. The summed E-state index contributed by atoms with van der Waals surface area (Å²) in [7, 11) is 0. The van der Waals surface area contributed by atoms with Gasteiger partial charge in [0.05, 0.1) is 11.6 Å². The number of ether oxygens (including phenoxy) is 2. The molecule has 4 saturated heterocycles. The summed E-state index contributed by atoms with van der Waals surface area (Å²) >= 11 is 0. The van der Waals surface area contributed by atoms with E-state index in [-0.39, 0.29) is 81.9 Å². The van der Waals surface area contributed by atoms with Gasteiger partial charge in [-0.3, -0.25) is 4.90 Å². The van der Waals surface area contributed by atoms with E-state index in [0.29, 0.717) is 25.3 Å². The minimum Gasteiger partial charge on any atom is -0.508 e. The zero-order valence-corrected chi connectivity index (χ0v) is 24.2. The van der Waals surface area contributed by atoms with Crippen LogP contribution in [0.1, 0.15) is 32.1 Å². The standard InChI is InChI=1S/C32H30F4N6O3/c33-16-10-32(6-1-7-41(32)11-16)14-45-31-39-28-24-29(40-31)42-12-17-3-5-21(37-17)22(42)13-44-30(24)38-27(26(28)36)19-9-18(43)8-15-2-4-20(34)25(35)23(15)19/h2,4,8-9,16-17,21-22,37,43H,1,3,5-7,10-14H2/t16-,17-,21+,22+,32+/m1/s1. The number of rotatable bonds is 4. The summed E-state index contributed by atoms with van der Waals surface area (Å²) in [5.74, 6) is -3.01. The number of pyridine rings is 1. The lowest BCUT2D eigenvalue weighted by Gasteiger charge is -2.40. The second kappa shape index (κ2) is 9.76. The number of benzene rings is 2. The molecule has 4 aromatic rings. The first-order valence-electron chi connectivity index (χ1n) is 15.5. The molecule has 2 aromatic heterocycles. The Kier molecular flexibility index (Phi) is 5.93. The fourth-order valence-corrected chi connectivity index (χ4v) is 8.38. The number of hydrogen-bond donors (Lipinski definition) is 2. The first-order chi connectivity index (χ1) is 21.8. The number of halogens is 4. The molecule has 2 aromatic carbocycles. The molecule has 4 fully saturated rings. The van der Waals surface area contributed by atoms with Gasteiger partial charge in [-0.2, -0.15) is 9.97 Å². The molecule has 9 nitrogen and oxygen atoms in total. The Hall–Kier alpha value is -3.97. The van der Waals surface area contributed by atoms with Crippen molar-refractivity contribution >= 4 is 27.5 Å². The second-order valence-corrected chi connectivity index (χ2v) is 13.0. The van der Waals surface area contributed by atoms with E-state index in [1.165, 1.54) is 12.1 Å². The first-order valence-corrected chi connectivity index (χ1v) is 15.5. The predicted molar refractivity (Wildman–Crippen MR) is 157 cm³/mol. The molecule has 0 saturated carbocycles. The van der Waals surface area contributed by atoms with Gasteiger partial charge in [0.15, 0.2) is 17.5 Å². The van der Waals surface area contributed by atoms with Crippen LogP contribution in [0, 0.1) is 17.5 Å². The number of piperazine rings is 1. The summed E-state index contributed by atoms with van der Waals surface area (Å²) in [6, 6.07) is 4.83. The van der Waals surface area contributed by atoms with Gasteiger partial charge in [-0.1, -0.05) is 6.07 Å². The number of aromatic hydroxyl groups is 1. The third-order valence-corrected chi connectivity index (χ3v) is 10.4. The smallest absolute Gasteiger partial charge is 0.319 e. The van der Waals surface area contributed by atoms with Crippen LogP contribution in [0.4, 0.5) is 23.4 Å². The number of aromatic nitrogens is 3. The van der Waals surface area contributed by atoms with Gasteiger partial charge < -0.3 is 24.8 Å². The van der Waals surface area contributed by atoms with Gasteiger partial charge in [0.2, 0.25) is 5.88 Å². The van der Waals surface area contributed by atoms with Crippen LogP contribution < -0.4 is 19.7 Å². The van der Waals surface area contributed by atoms with Crippen molar-refractivity contribution in [3.05, 3.63) is 41.7 Å². The van der Waals surface area contributed by atoms with Crippen molar-refractivity contribution < 1.29 is 32.1 Å². The van der Waals surface area contributed by atoms with E-state index >= 15 is 8.78 Å². The van der Waals surface area contributed by atoms with Crippen LogP contribution in [0.5, 0.6) is 17.6 Å². The summed E-state index contributed by atoms with van der Waals surface area (Å²) in [6.07, 6.45) is 3.06. The molecule has 0 amide bonds. The van der Waals surface area contributed by atoms with Crippen molar-refractivity contribution in [2.45, 2.75) is 61.9 Å². The average Bonchev–Trinajstić information content (AvgIpc) is 3.65. The number of phenolic OH excluding ortho intramolecular Hbond substituents is 1. The number of nitrogens with one attached hydrogen (secondary N) is 1. The van der Waals surface area contributed by atoms with Gasteiger partial charge in [0.1, 0.15) is 47.5 Å². The number of nitrogens with zero attached hydrogens (tertiary/aromatic N) is 5. The zero-order valence-electron chi connectivity index (χ0n) is 24.2. The molecule has 0 unspecified atom stereocenters. The van der Waals surface area contributed by atoms with Crippen molar-refractivity contribution in [1.82, 2.24) is 25.2 Å². The zero-order chi connectivity index (χ0) is 30.6. The highest BCUT2D eigenvalue weighted by Crippen LogP contribution is 2.45. The molecule has 2 bridgehead atoms. The fraction of sp³-hybridized carbons (Fsp3) is 0.469. The highest BCUT2D eigenvalue weighted by atomic mass is 19.2. The minimum absolute atomic E-state index is 0.0538. The Morgan fingerprint density at radius 2 is 1.96 bits per heavy atom. The van der Waals surface area contributed by atoms with Crippen molar-refractivity contribution in [1.29, 1.82) is 0 Å². The highest BCUT2D eigenvalue weighted by Gasteiger charge is 2.50. The number of fused-ring (bicyclic) bond motifs is 7. The van der Waals surface area contributed by atoms with Crippen LogP contribution in [-0.4, -0.2) is 87.6 Å². The Balaban J connectivity index is 1.24. The summed E-state index contributed by atoms with van der Waals surface area (Å²) in [4.78, 5) is 18.1. The quantitative estimate of drug-likeness (QED) is 0.316. The lowest BCUT2D eigenvalue weighted by molar-refractivity contribution is 0.107. The largest absolute Gasteiger partial charge is 0.508 e. The molecule has 0 spiro atoms. The topological polar surface area (TPSA) is 95.9 Å². The number of alkyl halides is 1. The Bertz CT molecular complexity index is 1900. The van der Waals surface area contributed by atoms with E-state index in [2.05, 4.69) is 25.1 Å². The molecule has 5 aliphatic rings. The maximum atomic E-state index is 16.8. The van der Waals surface area contributed by atoms with Gasteiger partial charge in [0.25, 0.3) is 0 Å². The normalized spacial score (nSPS) is 28.8. The molecule has 2 N–H and O–H groups in total. The van der Waals surface area contributed by atoms with E-state index in [0.717, 1.165) is 44.4 Å². The maximum absolute atomic E-state index is 16.8. The van der Waals surface area contributed by atoms with E-state index in [1.807, 2.05) is 0 Å². The summed E-state index contributed by atoms with van der Waals surface area (Å²) in [5, 5.41) is 14.3. The summed E-state index contributed by atoms with van der Waals surface area (Å²) < 4.78 is 73.5. The highest BCUT2D eigenvalue weighted by molar-refractivity contribution is 6.02. The lowest BCUT2D eigenvalue weighted by atomic mass is 9.95. The minimum atomic E-state index is -1.19. The van der Waals surface area contributed by atoms with Gasteiger partial charge in [-0.25, -0.2) is 22.5 Å². The molecule has 0 aliphatic carbocycles. The van der Waals surface area contributed by atoms with Crippen LogP contribution in [0.3, 0.4) is 0 Å². The van der Waals surface area contributed by atoms with Gasteiger partial charge >= 0.3 is 6.01 Å². The average molecular weight is 623 g/mol. The monoisotopic (exact) mass is 622 g/mol. The second-order valence-electron chi connectivity index (χ2n) is 13.0. The Labute approximate surface area is 255 Å². The predicted octanol–water partition coefficient (Wildman–Crippen LogP) is 4.62. The molecular weight excluding hydrogens is 592 g/mol. The van der Waals surface area contributed by atoms with E-state index in [1.54, 1.807) is 0 Å². The van der Waals surface area contributed by atoms with Crippen molar-refractivity contribution in [2.24, 2.45) is 0 Å². The maximum Gasteiger partial charge on any atom is 0.319 e. The molecule has 45 heavy (non-hydrogen) atoms. The van der Waals surface area contributed by atoms with E-state index in [4.69, 9.17) is 14.5 Å². The summed E-state index contributed by atoms with van der Waals surface area (Å²) in [5.41, 5.74) is -1.12. The number of phenols is 1. The SMILES string of the molecule is Oc1cc(-c2nc3c4c(nc(OC[C@@]56CCCN5C[C@H](F)C6)nc4c2F)N2C[C@H]4CC[C@H](N4)[C@@H]2CO3)c2c(F)c(F)ccc2c1. The van der Waals surface area contributed by atoms with E-state index < -0.39 is 29.2 Å². The molecule has 5 aliphatic heterocycles. The van der Waals surface area contributed by atoms with Gasteiger partial charge in [-0.15, -0.1) is 0 Å². The van der Waals surface area contributed by atoms with E-state index in [9.17, 15) is 13.9 Å². The van der Waals surface area contributed by atoms with Crippen LogP contribution >= 0.6 is 0 Å². The van der Waals surface area contributed by atoms with Gasteiger partial charge in [-0.05, 0) is 55.8 Å². The third kappa shape index (κ3) is 4.09. The van der Waals surface area contributed by atoms with Crippen LogP contribution in [0.15, 0.2) is 24.3 Å². The van der Waals surface area contributed by atoms with Gasteiger partial charge in [0, 0.05) is 42.5 Å². The number of anilines is 1.